The molecule has 1 aromatic heterocycles. The Kier molecular flexibility index (Phi) is 5.43. The molecule has 1 heterocycles. The molecule has 0 bridgehead atoms. The largest absolute Gasteiger partial charge is 0.460 e. The van der Waals surface area contributed by atoms with Crippen molar-refractivity contribution in [1.29, 1.82) is 0 Å². The molecular weight excluding hydrogens is 330 g/mol. The average molecular weight is 349 g/mol. The smallest absolute Gasteiger partial charge is 0.338 e. The molecule has 0 radical (unpaired) electrons. The molecule has 1 N–H and O–H groups in total. The van der Waals surface area contributed by atoms with Gasteiger partial charge in [-0.1, -0.05) is 36.4 Å². The maximum absolute atomic E-state index is 12.3. The zero-order valence-electron chi connectivity index (χ0n) is 14.4. The van der Waals surface area contributed by atoms with E-state index in [9.17, 15) is 9.59 Å². The van der Waals surface area contributed by atoms with Gasteiger partial charge < -0.3 is 10.1 Å². The lowest BCUT2D eigenvalue weighted by Crippen LogP contribution is -2.18. The van der Waals surface area contributed by atoms with Gasteiger partial charge in [-0.3, -0.25) is 4.79 Å². The van der Waals surface area contributed by atoms with Crippen LogP contribution in [0.5, 0.6) is 0 Å². The Morgan fingerprint density at radius 2 is 1.62 bits per heavy atom. The second kappa shape index (κ2) is 8.11. The molecule has 0 aliphatic rings. The van der Waals surface area contributed by atoms with Gasteiger partial charge in [0.2, 0.25) is 0 Å². The molecule has 3 aromatic rings. The van der Waals surface area contributed by atoms with Gasteiger partial charge in [0.05, 0.1) is 17.8 Å². The van der Waals surface area contributed by atoms with Gasteiger partial charge >= 0.3 is 5.97 Å². The molecule has 0 atom stereocenters. The summed E-state index contributed by atoms with van der Waals surface area (Å²) in [4.78, 5) is 24.3. The molecule has 1 amide bonds. The molecule has 0 unspecified atom stereocenters. The highest BCUT2D eigenvalue weighted by Crippen LogP contribution is 2.12. The number of amides is 1. The summed E-state index contributed by atoms with van der Waals surface area (Å²) in [5, 5.41) is 7.18. The van der Waals surface area contributed by atoms with E-state index < -0.39 is 0 Å². The Labute approximate surface area is 151 Å². The first kappa shape index (κ1) is 17.4. The molecule has 0 aliphatic heterocycles. The fraction of sp³-hybridized carbons (Fsp3) is 0.150. The van der Waals surface area contributed by atoms with Gasteiger partial charge in [-0.15, -0.1) is 0 Å². The van der Waals surface area contributed by atoms with Crippen LogP contribution in [-0.4, -0.2) is 28.3 Å². The van der Waals surface area contributed by atoms with Gasteiger partial charge in [0.1, 0.15) is 12.4 Å². The topological polar surface area (TPSA) is 73.2 Å². The number of aromatic nitrogens is 2. The molecule has 0 fully saturated rings. The number of rotatable bonds is 6. The number of hydrogen-bond acceptors (Lipinski definition) is 4. The quantitative estimate of drug-likeness (QED) is 0.693. The highest BCUT2D eigenvalue weighted by Gasteiger charge is 2.12. The van der Waals surface area contributed by atoms with Gasteiger partial charge in [-0.2, -0.15) is 5.10 Å². The summed E-state index contributed by atoms with van der Waals surface area (Å²) in [6.45, 7) is 2.34. The van der Waals surface area contributed by atoms with Crippen molar-refractivity contribution in [3.8, 4) is 0 Å². The SMILES string of the molecule is Cc1cc(NC(=O)c2ccccc2)n(CCOC(=O)c2ccccc2)n1. The minimum absolute atomic E-state index is 0.156. The van der Waals surface area contributed by atoms with Crippen molar-refractivity contribution in [3.63, 3.8) is 0 Å². The molecule has 3 rings (SSSR count). The van der Waals surface area contributed by atoms with Crippen molar-refractivity contribution in [2.75, 3.05) is 11.9 Å². The van der Waals surface area contributed by atoms with Crippen molar-refractivity contribution in [2.24, 2.45) is 0 Å². The first-order valence-electron chi connectivity index (χ1n) is 8.26. The third-order valence-electron chi connectivity index (χ3n) is 3.73. The standard InChI is InChI=1S/C20H19N3O3/c1-15-14-18(21-19(24)16-8-4-2-5-9-16)23(22-15)12-13-26-20(25)17-10-6-3-7-11-17/h2-11,14H,12-13H2,1H3,(H,21,24). The number of carbonyl (C=O) groups excluding carboxylic acids is 2. The Morgan fingerprint density at radius 3 is 2.27 bits per heavy atom. The van der Waals surface area contributed by atoms with E-state index in [0.717, 1.165) is 5.69 Å². The van der Waals surface area contributed by atoms with Gasteiger partial charge in [-0.25, -0.2) is 9.48 Å². The lowest BCUT2D eigenvalue weighted by Gasteiger charge is -2.09. The number of aryl methyl sites for hydroxylation is 1. The molecule has 0 saturated carbocycles. The van der Waals surface area contributed by atoms with E-state index in [0.29, 0.717) is 23.5 Å². The Bertz CT molecular complexity index is 889. The molecule has 2 aromatic carbocycles. The van der Waals surface area contributed by atoms with Crippen LogP contribution in [0, 0.1) is 6.92 Å². The highest BCUT2D eigenvalue weighted by molar-refractivity contribution is 6.03. The molecular formula is C20H19N3O3. The van der Waals surface area contributed by atoms with E-state index in [4.69, 9.17) is 4.74 Å². The van der Waals surface area contributed by atoms with E-state index in [2.05, 4.69) is 10.4 Å². The molecule has 6 nitrogen and oxygen atoms in total. The molecule has 6 heteroatoms. The summed E-state index contributed by atoms with van der Waals surface area (Å²) < 4.78 is 6.89. The van der Waals surface area contributed by atoms with Gasteiger partial charge in [0.25, 0.3) is 5.91 Å². The minimum atomic E-state index is -0.385. The fourth-order valence-electron chi connectivity index (χ4n) is 2.48. The number of hydrogen-bond donors (Lipinski definition) is 1. The zero-order valence-corrected chi connectivity index (χ0v) is 14.4. The number of nitrogens with one attached hydrogen (secondary N) is 1. The first-order valence-corrected chi connectivity index (χ1v) is 8.26. The second-order valence-corrected chi connectivity index (χ2v) is 5.72. The molecule has 0 spiro atoms. The van der Waals surface area contributed by atoms with Gasteiger partial charge in [-0.05, 0) is 31.2 Å². The summed E-state index contributed by atoms with van der Waals surface area (Å²) in [5.74, 6) is -0.0375. The van der Waals surface area contributed by atoms with Crippen molar-refractivity contribution in [3.05, 3.63) is 83.6 Å². The van der Waals surface area contributed by atoms with Crippen molar-refractivity contribution in [1.82, 2.24) is 9.78 Å². The number of esters is 1. The first-order chi connectivity index (χ1) is 12.6. The normalized spacial score (nSPS) is 10.3. The van der Waals surface area contributed by atoms with Crippen LogP contribution in [0.25, 0.3) is 0 Å². The van der Waals surface area contributed by atoms with Crippen molar-refractivity contribution in [2.45, 2.75) is 13.5 Å². The third-order valence-corrected chi connectivity index (χ3v) is 3.73. The van der Waals surface area contributed by atoms with Crippen molar-refractivity contribution < 1.29 is 14.3 Å². The second-order valence-electron chi connectivity index (χ2n) is 5.72. The van der Waals surface area contributed by atoms with Gasteiger partial charge in [0.15, 0.2) is 0 Å². The minimum Gasteiger partial charge on any atom is -0.460 e. The zero-order chi connectivity index (χ0) is 18.4. The lowest BCUT2D eigenvalue weighted by molar-refractivity contribution is 0.0488. The van der Waals surface area contributed by atoms with E-state index >= 15 is 0 Å². The Balaban J connectivity index is 1.60. The summed E-state index contributed by atoms with van der Waals surface area (Å²) in [6.07, 6.45) is 0. The number of ether oxygens (including phenoxy) is 1. The number of benzene rings is 2. The average Bonchev–Trinajstić information content (AvgIpc) is 3.02. The van der Waals surface area contributed by atoms with Crippen LogP contribution in [-0.2, 0) is 11.3 Å². The van der Waals surface area contributed by atoms with Crippen LogP contribution in [0.4, 0.5) is 5.82 Å². The number of anilines is 1. The molecule has 0 aliphatic carbocycles. The molecule has 132 valence electrons. The summed E-state index contributed by atoms with van der Waals surface area (Å²) >= 11 is 0. The summed E-state index contributed by atoms with van der Waals surface area (Å²) in [5.41, 5.74) is 1.83. The summed E-state index contributed by atoms with van der Waals surface area (Å²) in [6, 6.07) is 19.5. The summed E-state index contributed by atoms with van der Waals surface area (Å²) in [7, 11) is 0. The lowest BCUT2D eigenvalue weighted by atomic mass is 10.2. The number of nitrogens with zero attached hydrogens (tertiary/aromatic N) is 2. The van der Waals surface area contributed by atoms with Crippen LogP contribution < -0.4 is 5.32 Å². The maximum Gasteiger partial charge on any atom is 0.338 e. The maximum atomic E-state index is 12.3. The highest BCUT2D eigenvalue weighted by atomic mass is 16.5. The third kappa shape index (κ3) is 4.36. The number of carbonyl (C=O) groups is 2. The van der Waals surface area contributed by atoms with E-state index in [1.54, 1.807) is 59.3 Å². The Morgan fingerprint density at radius 1 is 1.00 bits per heavy atom. The monoisotopic (exact) mass is 349 g/mol. The van der Waals surface area contributed by atoms with Crippen molar-refractivity contribution >= 4 is 17.7 Å². The van der Waals surface area contributed by atoms with E-state index in [1.165, 1.54) is 0 Å². The fourth-order valence-corrected chi connectivity index (χ4v) is 2.48. The van der Waals surface area contributed by atoms with Crippen LogP contribution in [0.15, 0.2) is 66.7 Å². The van der Waals surface area contributed by atoms with Crippen LogP contribution >= 0.6 is 0 Å². The van der Waals surface area contributed by atoms with E-state index in [-0.39, 0.29) is 18.5 Å². The predicted octanol–water partition coefficient (Wildman–Crippen LogP) is 3.30. The van der Waals surface area contributed by atoms with Crippen LogP contribution in [0.1, 0.15) is 26.4 Å². The molecule has 26 heavy (non-hydrogen) atoms. The van der Waals surface area contributed by atoms with Crippen LogP contribution in [0.3, 0.4) is 0 Å². The molecule has 0 saturated heterocycles. The van der Waals surface area contributed by atoms with E-state index in [1.807, 2.05) is 19.1 Å². The van der Waals surface area contributed by atoms with Crippen LogP contribution in [0.2, 0.25) is 0 Å². The Hall–Kier alpha value is -3.41. The van der Waals surface area contributed by atoms with Gasteiger partial charge in [0, 0.05) is 11.6 Å². The predicted molar refractivity (Wildman–Crippen MR) is 98.1 cm³/mol.